The zero-order valence-corrected chi connectivity index (χ0v) is 10.3. The highest BCUT2D eigenvalue weighted by atomic mass is 32.2. The second kappa shape index (κ2) is 5.10. The fourth-order valence-corrected chi connectivity index (χ4v) is 2.28. The van der Waals surface area contributed by atoms with Gasteiger partial charge in [-0.05, 0) is 29.8 Å². The van der Waals surface area contributed by atoms with Crippen LogP contribution < -0.4 is 5.32 Å². The third kappa shape index (κ3) is 2.46. The number of imide groups is 1. The molecule has 4 nitrogen and oxygen atoms in total. The van der Waals surface area contributed by atoms with Crippen molar-refractivity contribution in [1.82, 2.24) is 5.32 Å². The van der Waals surface area contributed by atoms with Gasteiger partial charge in [-0.2, -0.15) is 0 Å². The number of thioether (sulfide) groups is 1. The molecular weight excluding hydrogens is 250 g/mol. The van der Waals surface area contributed by atoms with E-state index in [9.17, 15) is 14.7 Å². The number of hydrogen-bond donors (Lipinski definition) is 2. The molecule has 0 saturated carbocycles. The maximum atomic E-state index is 11.4. The molecule has 92 valence electrons. The lowest BCUT2D eigenvalue weighted by atomic mass is 10.1. The topological polar surface area (TPSA) is 66.4 Å². The van der Waals surface area contributed by atoms with Crippen LogP contribution in [0.25, 0.3) is 6.08 Å². The fraction of sp³-hybridized carbons (Fsp3) is 0.0769. The summed E-state index contributed by atoms with van der Waals surface area (Å²) in [7, 11) is 0. The van der Waals surface area contributed by atoms with Crippen molar-refractivity contribution >= 4 is 29.0 Å². The van der Waals surface area contributed by atoms with Gasteiger partial charge in [0.15, 0.2) is 0 Å². The summed E-state index contributed by atoms with van der Waals surface area (Å²) in [6.07, 6.45) is 3.74. The van der Waals surface area contributed by atoms with Crippen LogP contribution in [0.2, 0.25) is 0 Å². The molecule has 0 radical (unpaired) electrons. The first kappa shape index (κ1) is 12.4. The first-order chi connectivity index (χ1) is 8.61. The lowest BCUT2D eigenvalue weighted by Gasteiger charge is -2.05. The average Bonchev–Trinajstić information content (AvgIpc) is 2.63. The second-order valence-corrected chi connectivity index (χ2v) is 4.71. The fourth-order valence-electron chi connectivity index (χ4n) is 1.61. The Hall–Kier alpha value is -2.01. The van der Waals surface area contributed by atoms with Gasteiger partial charge in [0.2, 0.25) is 0 Å². The molecule has 0 unspecified atom stereocenters. The number of carbonyl (C=O) groups is 2. The van der Waals surface area contributed by atoms with E-state index < -0.39 is 11.1 Å². The highest BCUT2D eigenvalue weighted by molar-refractivity contribution is 8.18. The minimum Gasteiger partial charge on any atom is -0.507 e. The summed E-state index contributed by atoms with van der Waals surface area (Å²) in [5, 5.41) is 11.8. The Balaban J connectivity index is 2.37. The monoisotopic (exact) mass is 261 g/mol. The zero-order chi connectivity index (χ0) is 13.1. The van der Waals surface area contributed by atoms with E-state index in [4.69, 9.17) is 0 Å². The normalized spacial score (nSPS) is 17.0. The van der Waals surface area contributed by atoms with E-state index in [-0.39, 0.29) is 10.7 Å². The molecule has 0 atom stereocenters. The number of aromatic hydroxyl groups is 1. The molecular formula is C13H11NO3S. The first-order valence-corrected chi connectivity index (χ1v) is 6.10. The molecule has 1 aliphatic heterocycles. The van der Waals surface area contributed by atoms with Crippen molar-refractivity contribution in [3.05, 3.63) is 46.9 Å². The Labute approximate surface area is 108 Å². The van der Waals surface area contributed by atoms with Gasteiger partial charge in [0.05, 0.1) is 4.91 Å². The summed E-state index contributed by atoms with van der Waals surface area (Å²) in [4.78, 5) is 22.7. The van der Waals surface area contributed by atoms with Gasteiger partial charge in [0.1, 0.15) is 5.75 Å². The SMILES string of the molecule is C=CCc1cccc(C=C2SC(=O)NC2=O)c1O. The number of para-hydroxylation sites is 1. The number of nitrogens with one attached hydrogen (secondary N) is 1. The Morgan fingerprint density at radius 1 is 1.39 bits per heavy atom. The lowest BCUT2D eigenvalue weighted by molar-refractivity contribution is -0.115. The van der Waals surface area contributed by atoms with Crippen molar-refractivity contribution in [3.8, 4) is 5.75 Å². The van der Waals surface area contributed by atoms with Gasteiger partial charge >= 0.3 is 0 Å². The molecule has 0 spiro atoms. The molecule has 1 aliphatic rings. The number of phenols is 1. The predicted octanol–water partition coefficient (Wildman–Crippen LogP) is 2.44. The molecule has 2 rings (SSSR count). The van der Waals surface area contributed by atoms with Crippen molar-refractivity contribution in [2.24, 2.45) is 0 Å². The van der Waals surface area contributed by atoms with E-state index >= 15 is 0 Å². The van der Waals surface area contributed by atoms with Gasteiger partial charge in [-0.25, -0.2) is 0 Å². The van der Waals surface area contributed by atoms with Crippen LogP contribution in [0.1, 0.15) is 11.1 Å². The summed E-state index contributed by atoms with van der Waals surface area (Å²) in [6, 6.07) is 5.25. The number of amides is 2. The molecule has 0 aliphatic carbocycles. The van der Waals surface area contributed by atoms with E-state index in [1.165, 1.54) is 6.08 Å². The molecule has 5 heteroatoms. The largest absolute Gasteiger partial charge is 0.507 e. The highest BCUT2D eigenvalue weighted by Crippen LogP contribution is 2.30. The minimum atomic E-state index is -0.432. The number of phenolic OH excluding ortho intramolecular Hbond substituents is 1. The predicted molar refractivity (Wildman–Crippen MR) is 71.1 cm³/mol. The van der Waals surface area contributed by atoms with Crippen LogP contribution in [0, 0.1) is 0 Å². The van der Waals surface area contributed by atoms with Gasteiger partial charge in [-0.1, -0.05) is 24.3 Å². The van der Waals surface area contributed by atoms with E-state index in [0.29, 0.717) is 12.0 Å². The smallest absolute Gasteiger partial charge is 0.290 e. The van der Waals surface area contributed by atoms with Gasteiger partial charge in [0.25, 0.3) is 11.1 Å². The highest BCUT2D eigenvalue weighted by Gasteiger charge is 2.25. The van der Waals surface area contributed by atoms with Gasteiger partial charge in [-0.15, -0.1) is 6.58 Å². The van der Waals surface area contributed by atoms with E-state index in [0.717, 1.165) is 17.3 Å². The summed E-state index contributed by atoms with van der Waals surface area (Å²) in [6.45, 7) is 3.61. The maximum absolute atomic E-state index is 11.4. The molecule has 1 saturated heterocycles. The minimum absolute atomic E-state index is 0.109. The molecule has 1 aromatic rings. The second-order valence-electron chi connectivity index (χ2n) is 3.70. The van der Waals surface area contributed by atoms with Crippen molar-refractivity contribution in [2.75, 3.05) is 0 Å². The number of allylic oxidation sites excluding steroid dienone is 1. The first-order valence-electron chi connectivity index (χ1n) is 5.28. The summed E-state index contributed by atoms with van der Waals surface area (Å²) < 4.78 is 0. The third-order valence-corrected chi connectivity index (χ3v) is 3.25. The molecule has 1 aromatic carbocycles. The average molecular weight is 261 g/mol. The van der Waals surface area contributed by atoms with Crippen LogP contribution in [0.4, 0.5) is 4.79 Å². The van der Waals surface area contributed by atoms with Crippen molar-refractivity contribution in [1.29, 1.82) is 0 Å². The lowest BCUT2D eigenvalue weighted by Crippen LogP contribution is -2.17. The third-order valence-electron chi connectivity index (χ3n) is 2.44. The maximum Gasteiger partial charge on any atom is 0.290 e. The van der Waals surface area contributed by atoms with Crippen molar-refractivity contribution < 1.29 is 14.7 Å². The molecule has 2 amide bonds. The van der Waals surface area contributed by atoms with Gasteiger partial charge in [0, 0.05) is 5.56 Å². The van der Waals surface area contributed by atoms with Gasteiger partial charge in [-0.3, -0.25) is 14.9 Å². The molecule has 1 heterocycles. The Morgan fingerprint density at radius 3 is 2.78 bits per heavy atom. The summed E-state index contributed by atoms with van der Waals surface area (Å²) in [5.74, 6) is -0.323. The zero-order valence-electron chi connectivity index (χ0n) is 9.47. The summed E-state index contributed by atoms with van der Waals surface area (Å²) in [5.41, 5.74) is 1.25. The van der Waals surface area contributed by atoms with Crippen LogP contribution in [0.3, 0.4) is 0 Å². The van der Waals surface area contributed by atoms with Gasteiger partial charge < -0.3 is 5.11 Å². The number of rotatable bonds is 3. The molecule has 2 N–H and O–H groups in total. The Morgan fingerprint density at radius 2 is 2.17 bits per heavy atom. The van der Waals surface area contributed by atoms with Crippen molar-refractivity contribution in [2.45, 2.75) is 6.42 Å². The molecule has 0 bridgehead atoms. The number of carbonyl (C=O) groups excluding carboxylic acids is 2. The van der Waals surface area contributed by atoms with Crippen molar-refractivity contribution in [3.63, 3.8) is 0 Å². The standard InChI is InChI=1S/C13H11NO3S/c1-2-4-8-5-3-6-9(11(8)15)7-10-12(16)14-13(17)18-10/h2-3,5-7,15H,1,4H2,(H,14,16,17). The van der Waals surface area contributed by atoms with Crippen LogP contribution in [0.5, 0.6) is 5.75 Å². The number of hydrogen-bond acceptors (Lipinski definition) is 4. The summed E-state index contributed by atoms with van der Waals surface area (Å²) >= 11 is 0.827. The van der Waals surface area contributed by atoms with Crippen LogP contribution in [-0.2, 0) is 11.2 Å². The molecule has 0 aromatic heterocycles. The van der Waals surface area contributed by atoms with E-state index in [1.54, 1.807) is 24.3 Å². The molecule has 1 fully saturated rings. The quantitative estimate of drug-likeness (QED) is 0.648. The van der Waals surface area contributed by atoms with E-state index in [1.807, 2.05) is 0 Å². The van der Waals surface area contributed by atoms with Crippen LogP contribution in [-0.4, -0.2) is 16.3 Å². The number of benzene rings is 1. The van der Waals surface area contributed by atoms with Crippen LogP contribution in [0.15, 0.2) is 35.8 Å². The Kier molecular flexibility index (Phi) is 3.53. The Bertz CT molecular complexity index is 563. The van der Waals surface area contributed by atoms with E-state index in [2.05, 4.69) is 11.9 Å². The molecule has 18 heavy (non-hydrogen) atoms. The van der Waals surface area contributed by atoms with Crippen LogP contribution >= 0.6 is 11.8 Å².